The van der Waals surface area contributed by atoms with E-state index in [1.165, 1.54) is 12.1 Å². The van der Waals surface area contributed by atoms with E-state index in [0.29, 0.717) is 25.8 Å². The number of aliphatic hydroxyl groups excluding tert-OH is 1. The number of carbonyl (C=O) groups is 1. The summed E-state index contributed by atoms with van der Waals surface area (Å²) < 4.78 is 27.4. The number of nitrogens with one attached hydrogen (secondary N) is 1. The number of rotatable bonds is 6. The number of benzene rings is 1. The van der Waals surface area contributed by atoms with Gasteiger partial charge in [-0.25, -0.2) is 8.78 Å². The van der Waals surface area contributed by atoms with E-state index in [1.54, 1.807) is 6.92 Å². The summed E-state index contributed by atoms with van der Waals surface area (Å²) in [5.74, 6) is -1.35. The zero-order valence-electron chi connectivity index (χ0n) is 13.7. The Balaban J connectivity index is 2.15. The first kappa shape index (κ1) is 17.9. The number of aliphatic hydroxyl groups is 1. The first-order valence-electron chi connectivity index (χ1n) is 8.27. The average Bonchev–Trinajstić information content (AvgIpc) is 2.94. The van der Waals surface area contributed by atoms with Crippen molar-refractivity contribution in [3.63, 3.8) is 0 Å². The van der Waals surface area contributed by atoms with Gasteiger partial charge >= 0.3 is 0 Å². The Bertz CT molecular complexity index is 554. The Morgan fingerprint density at radius 1 is 1.30 bits per heavy atom. The lowest BCUT2D eigenvalue weighted by Gasteiger charge is -2.29. The molecule has 2 atom stereocenters. The van der Waals surface area contributed by atoms with Gasteiger partial charge in [-0.2, -0.15) is 0 Å². The monoisotopic (exact) mass is 325 g/mol. The SMILES string of the molecule is CC(O)CC(C)CNC(=O)C1(c2ccc(F)cc2F)CCCC1. The molecule has 0 spiro atoms. The molecule has 2 rings (SSSR count). The number of hydrogen-bond donors (Lipinski definition) is 2. The van der Waals surface area contributed by atoms with E-state index in [0.717, 1.165) is 18.9 Å². The molecule has 1 aliphatic rings. The van der Waals surface area contributed by atoms with Crippen LogP contribution in [0.4, 0.5) is 8.78 Å². The van der Waals surface area contributed by atoms with Gasteiger partial charge in [-0.1, -0.05) is 25.8 Å². The zero-order valence-corrected chi connectivity index (χ0v) is 13.7. The summed E-state index contributed by atoms with van der Waals surface area (Å²) >= 11 is 0. The summed E-state index contributed by atoms with van der Waals surface area (Å²) in [5.41, 5.74) is -0.611. The Hall–Kier alpha value is -1.49. The van der Waals surface area contributed by atoms with Crippen LogP contribution in [0, 0.1) is 17.6 Å². The van der Waals surface area contributed by atoms with Gasteiger partial charge in [-0.3, -0.25) is 4.79 Å². The van der Waals surface area contributed by atoms with Gasteiger partial charge in [0.15, 0.2) is 0 Å². The highest BCUT2D eigenvalue weighted by Gasteiger charge is 2.44. The molecule has 0 radical (unpaired) electrons. The lowest BCUT2D eigenvalue weighted by Crippen LogP contribution is -2.44. The highest BCUT2D eigenvalue weighted by atomic mass is 19.1. The molecule has 1 aliphatic carbocycles. The van der Waals surface area contributed by atoms with E-state index in [2.05, 4.69) is 5.32 Å². The molecule has 1 aromatic rings. The van der Waals surface area contributed by atoms with Gasteiger partial charge in [0.05, 0.1) is 11.5 Å². The molecule has 3 nitrogen and oxygen atoms in total. The third kappa shape index (κ3) is 4.08. The lowest BCUT2D eigenvalue weighted by molar-refractivity contribution is -0.127. The fourth-order valence-electron chi connectivity index (χ4n) is 3.58. The fraction of sp³-hybridized carbons (Fsp3) is 0.611. The number of amides is 1. The standard InChI is InChI=1S/C18H25F2NO2/c1-12(9-13(2)22)11-21-17(23)18(7-3-4-8-18)15-6-5-14(19)10-16(15)20/h5-6,10,12-13,22H,3-4,7-9,11H2,1-2H3,(H,21,23). The van der Waals surface area contributed by atoms with E-state index in [4.69, 9.17) is 0 Å². The fourth-order valence-corrected chi connectivity index (χ4v) is 3.58. The van der Waals surface area contributed by atoms with Crippen LogP contribution in [0.3, 0.4) is 0 Å². The maximum absolute atomic E-state index is 14.2. The second-order valence-electron chi connectivity index (χ2n) is 6.81. The summed E-state index contributed by atoms with van der Waals surface area (Å²) in [4.78, 5) is 12.8. The molecule has 1 aromatic carbocycles. The smallest absolute Gasteiger partial charge is 0.230 e. The van der Waals surface area contributed by atoms with Crippen LogP contribution < -0.4 is 5.32 Å². The Morgan fingerprint density at radius 3 is 2.52 bits per heavy atom. The molecule has 0 heterocycles. The summed E-state index contributed by atoms with van der Waals surface area (Å²) in [6.45, 7) is 4.10. The summed E-state index contributed by atoms with van der Waals surface area (Å²) in [6.07, 6.45) is 3.04. The number of hydrogen-bond acceptors (Lipinski definition) is 2. The first-order chi connectivity index (χ1) is 10.8. The van der Waals surface area contributed by atoms with Crippen molar-refractivity contribution in [2.45, 2.75) is 57.5 Å². The number of carbonyl (C=O) groups excluding carboxylic acids is 1. The van der Waals surface area contributed by atoms with Crippen LogP contribution in [-0.2, 0) is 10.2 Å². The molecule has 128 valence electrons. The van der Waals surface area contributed by atoms with Crippen molar-refractivity contribution in [3.8, 4) is 0 Å². The van der Waals surface area contributed by atoms with Crippen LogP contribution in [0.25, 0.3) is 0 Å². The molecule has 0 bridgehead atoms. The minimum absolute atomic E-state index is 0.135. The van der Waals surface area contributed by atoms with Gasteiger partial charge in [0.1, 0.15) is 11.6 Å². The Morgan fingerprint density at radius 2 is 1.96 bits per heavy atom. The van der Waals surface area contributed by atoms with Crippen molar-refractivity contribution < 1.29 is 18.7 Å². The molecule has 2 N–H and O–H groups in total. The largest absolute Gasteiger partial charge is 0.393 e. The van der Waals surface area contributed by atoms with Crippen LogP contribution in [0.15, 0.2) is 18.2 Å². The Kier molecular flexibility index (Phi) is 5.74. The van der Waals surface area contributed by atoms with Crippen LogP contribution in [0.2, 0.25) is 0 Å². The van der Waals surface area contributed by atoms with Crippen molar-refractivity contribution in [1.29, 1.82) is 0 Å². The number of halogens is 2. The normalized spacial score (nSPS) is 19.3. The maximum atomic E-state index is 14.2. The third-order valence-corrected chi connectivity index (χ3v) is 4.69. The van der Waals surface area contributed by atoms with E-state index in [9.17, 15) is 18.7 Å². The minimum Gasteiger partial charge on any atom is -0.393 e. The van der Waals surface area contributed by atoms with Gasteiger partial charge in [0.2, 0.25) is 5.91 Å². The molecule has 5 heteroatoms. The van der Waals surface area contributed by atoms with Gasteiger partial charge in [-0.15, -0.1) is 0 Å². The first-order valence-corrected chi connectivity index (χ1v) is 8.27. The van der Waals surface area contributed by atoms with Crippen molar-refractivity contribution in [1.82, 2.24) is 5.32 Å². The van der Waals surface area contributed by atoms with Crippen molar-refractivity contribution in [2.24, 2.45) is 5.92 Å². The van der Waals surface area contributed by atoms with Crippen molar-refractivity contribution in [3.05, 3.63) is 35.4 Å². The molecule has 1 fully saturated rings. The van der Waals surface area contributed by atoms with E-state index >= 15 is 0 Å². The quantitative estimate of drug-likeness (QED) is 0.843. The highest BCUT2D eigenvalue weighted by molar-refractivity contribution is 5.88. The van der Waals surface area contributed by atoms with Gasteiger partial charge < -0.3 is 10.4 Å². The second kappa shape index (κ2) is 7.39. The molecular formula is C18H25F2NO2. The summed E-state index contributed by atoms with van der Waals surface area (Å²) in [6, 6.07) is 3.45. The van der Waals surface area contributed by atoms with E-state index < -0.39 is 23.2 Å². The molecule has 1 amide bonds. The van der Waals surface area contributed by atoms with Crippen LogP contribution in [-0.4, -0.2) is 23.7 Å². The molecule has 0 aliphatic heterocycles. The summed E-state index contributed by atoms with van der Waals surface area (Å²) in [5, 5.41) is 12.3. The van der Waals surface area contributed by atoms with Crippen molar-refractivity contribution >= 4 is 5.91 Å². The molecule has 2 unspecified atom stereocenters. The molecule has 0 aromatic heterocycles. The van der Waals surface area contributed by atoms with Crippen LogP contribution >= 0.6 is 0 Å². The average molecular weight is 325 g/mol. The Labute approximate surface area is 136 Å². The lowest BCUT2D eigenvalue weighted by atomic mass is 9.77. The van der Waals surface area contributed by atoms with Crippen molar-refractivity contribution in [2.75, 3.05) is 6.54 Å². The molecular weight excluding hydrogens is 300 g/mol. The zero-order chi connectivity index (χ0) is 17.0. The van der Waals surface area contributed by atoms with Crippen LogP contribution in [0.5, 0.6) is 0 Å². The second-order valence-corrected chi connectivity index (χ2v) is 6.81. The van der Waals surface area contributed by atoms with E-state index in [-0.39, 0.29) is 17.4 Å². The van der Waals surface area contributed by atoms with E-state index in [1.807, 2.05) is 6.92 Å². The topological polar surface area (TPSA) is 49.3 Å². The van der Waals surface area contributed by atoms with Gasteiger partial charge in [0, 0.05) is 18.2 Å². The van der Waals surface area contributed by atoms with Gasteiger partial charge in [0.25, 0.3) is 0 Å². The molecule has 23 heavy (non-hydrogen) atoms. The minimum atomic E-state index is -0.900. The molecule has 0 saturated heterocycles. The molecule has 1 saturated carbocycles. The summed E-state index contributed by atoms with van der Waals surface area (Å²) in [7, 11) is 0. The van der Waals surface area contributed by atoms with Crippen LogP contribution in [0.1, 0.15) is 51.5 Å². The predicted octanol–water partition coefficient (Wildman–Crippen LogP) is 3.30. The third-order valence-electron chi connectivity index (χ3n) is 4.69. The predicted molar refractivity (Wildman–Crippen MR) is 85.0 cm³/mol. The highest BCUT2D eigenvalue weighted by Crippen LogP contribution is 2.42. The van der Waals surface area contributed by atoms with Gasteiger partial charge in [-0.05, 0) is 38.2 Å². The maximum Gasteiger partial charge on any atom is 0.230 e.